The van der Waals surface area contributed by atoms with Crippen LogP contribution in [0, 0.1) is 12.7 Å². The van der Waals surface area contributed by atoms with E-state index in [9.17, 15) is 4.39 Å². The van der Waals surface area contributed by atoms with E-state index < -0.39 is 6.04 Å². The van der Waals surface area contributed by atoms with E-state index in [2.05, 4.69) is 10.2 Å². The predicted molar refractivity (Wildman–Crippen MR) is 76.9 cm³/mol. The molecule has 0 fully saturated rings. The Morgan fingerprint density at radius 3 is 2.62 bits per heavy atom. The van der Waals surface area contributed by atoms with Crippen molar-refractivity contribution in [3.63, 3.8) is 0 Å². The van der Waals surface area contributed by atoms with E-state index in [1.807, 2.05) is 37.3 Å². The average molecular weight is 283 g/mol. The number of aromatic nitrogens is 2. The zero-order valence-electron chi connectivity index (χ0n) is 11.5. The van der Waals surface area contributed by atoms with Gasteiger partial charge in [-0.25, -0.2) is 4.39 Å². The fourth-order valence-corrected chi connectivity index (χ4v) is 2.10. The van der Waals surface area contributed by atoms with Gasteiger partial charge < -0.3 is 10.2 Å². The molecule has 0 aliphatic rings. The minimum absolute atomic E-state index is 0.272. The van der Waals surface area contributed by atoms with Gasteiger partial charge in [0, 0.05) is 5.56 Å². The minimum Gasteiger partial charge on any atom is -0.419 e. The molecule has 0 aliphatic carbocycles. The van der Waals surface area contributed by atoms with E-state index in [4.69, 9.17) is 10.2 Å². The van der Waals surface area contributed by atoms with Crippen LogP contribution in [0.4, 0.5) is 4.39 Å². The SMILES string of the molecule is Cc1ccc(F)cc1-c1nnc(C(N)c2ccccc2)o1. The Hall–Kier alpha value is -2.53. The highest BCUT2D eigenvalue weighted by Crippen LogP contribution is 2.26. The topological polar surface area (TPSA) is 64.9 Å². The first kappa shape index (κ1) is 13.5. The Balaban J connectivity index is 1.95. The van der Waals surface area contributed by atoms with Gasteiger partial charge in [0.15, 0.2) is 0 Å². The van der Waals surface area contributed by atoms with Crippen LogP contribution in [0.2, 0.25) is 0 Å². The molecule has 1 aromatic heterocycles. The lowest BCUT2D eigenvalue weighted by Gasteiger charge is -2.06. The van der Waals surface area contributed by atoms with Crippen molar-refractivity contribution in [2.24, 2.45) is 5.73 Å². The van der Waals surface area contributed by atoms with Gasteiger partial charge in [0.2, 0.25) is 11.8 Å². The molecule has 0 spiro atoms. The van der Waals surface area contributed by atoms with Crippen molar-refractivity contribution in [3.8, 4) is 11.5 Å². The third-order valence-corrected chi connectivity index (χ3v) is 3.30. The van der Waals surface area contributed by atoms with Crippen LogP contribution < -0.4 is 5.73 Å². The second-order valence-corrected chi connectivity index (χ2v) is 4.79. The summed E-state index contributed by atoms with van der Waals surface area (Å²) in [5, 5.41) is 7.95. The number of hydrogen-bond acceptors (Lipinski definition) is 4. The van der Waals surface area contributed by atoms with Gasteiger partial charge in [-0.1, -0.05) is 36.4 Å². The zero-order valence-corrected chi connectivity index (χ0v) is 11.5. The van der Waals surface area contributed by atoms with Crippen LogP contribution >= 0.6 is 0 Å². The van der Waals surface area contributed by atoms with Gasteiger partial charge in [-0.2, -0.15) is 0 Å². The maximum atomic E-state index is 13.3. The first-order chi connectivity index (χ1) is 10.1. The summed E-state index contributed by atoms with van der Waals surface area (Å²) in [6.07, 6.45) is 0. The molecule has 0 radical (unpaired) electrons. The molecule has 0 saturated heterocycles. The summed E-state index contributed by atoms with van der Waals surface area (Å²) >= 11 is 0. The van der Waals surface area contributed by atoms with Crippen molar-refractivity contribution in [2.45, 2.75) is 13.0 Å². The summed E-state index contributed by atoms with van der Waals surface area (Å²) in [5.41, 5.74) is 8.42. The van der Waals surface area contributed by atoms with Crippen LogP contribution in [0.15, 0.2) is 52.9 Å². The Bertz CT molecular complexity index is 755. The fourth-order valence-electron chi connectivity index (χ4n) is 2.10. The van der Waals surface area contributed by atoms with Gasteiger partial charge in [0.25, 0.3) is 0 Å². The number of benzene rings is 2. The van der Waals surface area contributed by atoms with Crippen molar-refractivity contribution in [2.75, 3.05) is 0 Å². The Kier molecular flexibility index (Phi) is 3.50. The number of nitrogens with two attached hydrogens (primary N) is 1. The van der Waals surface area contributed by atoms with E-state index in [1.165, 1.54) is 12.1 Å². The van der Waals surface area contributed by atoms with E-state index in [0.717, 1.165) is 11.1 Å². The van der Waals surface area contributed by atoms with E-state index >= 15 is 0 Å². The lowest BCUT2D eigenvalue weighted by molar-refractivity contribution is 0.483. The van der Waals surface area contributed by atoms with Gasteiger partial charge in [0.05, 0.1) is 0 Å². The summed E-state index contributed by atoms with van der Waals surface area (Å²) in [4.78, 5) is 0. The first-order valence-corrected chi connectivity index (χ1v) is 6.55. The van der Waals surface area contributed by atoms with Crippen molar-refractivity contribution in [3.05, 3.63) is 71.4 Å². The summed E-state index contributed by atoms with van der Waals surface area (Å²) in [6, 6.07) is 13.4. The Morgan fingerprint density at radius 2 is 1.86 bits per heavy atom. The molecular formula is C16H14FN3O. The molecular weight excluding hydrogens is 269 g/mol. The predicted octanol–water partition coefficient (Wildman–Crippen LogP) is 3.23. The lowest BCUT2D eigenvalue weighted by Crippen LogP contribution is -2.11. The normalized spacial score (nSPS) is 12.3. The van der Waals surface area contributed by atoms with E-state index in [1.54, 1.807) is 6.07 Å². The van der Waals surface area contributed by atoms with E-state index in [0.29, 0.717) is 11.5 Å². The molecule has 3 aromatic rings. The molecule has 5 heteroatoms. The lowest BCUT2D eigenvalue weighted by atomic mass is 10.1. The zero-order chi connectivity index (χ0) is 14.8. The highest BCUT2D eigenvalue weighted by Gasteiger charge is 2.18. The second kappa shape index (κ2) is 5.46. The van der Waals surface area contributed by atoms with Crippen molar-refractivity contribution >= 4 is 0 Å². The minimum atomic E-state index is -0.499. The largest absolute Gasteiger partial charge is 0.419 e. The molecule has 2 aromatic carbocycles. The summed E-state index contributed by atoms with van der Waals surface area (Å²) < 4.78 is 19.0. The summed E-state index contributed by atoms with van der Waals surface area (Å²) in [7, 11) is 0. The maximum Gasteiger partial charge on any atom is 0.248 e. The molecule has 3 rings (SSSR count). The van der Waals surface area contributed by atoms with Gasteiger partial charge in [-0.15, -0.1) is 10.2 Å². The van der Waals surface area contributed by atoms with Crippen LogP contribution in [0.1, 0.15) is 23.1 Å². The molecule has 4 nitrogen and oxygen atoms in total. The Morgan fingerprint density at radius 1 is 1.10 bits per heavy atom. The molecule has 1 atom stereocenters. The van der Waals surface area contributed by atoms with Crippen LogP contribution in [-0.2, 0) is 0 Å². The number of rotatable bonds is 3. The second-order valence-electron chi connectivity index (χ2n) is 4.79. The molecule has 2 N–H and O–H groups in total. The summed E-state index contributed by atoms with van der Waals surface area (Å²) in [6.45, 7) is 1.86. The fraction of sp³-hybridized carbons (Fsp3) is 0.125. The quantitative estimate of drug-likeness (QED) is 0.801. The van der Waals surface area contributed by atoms with Crippen LogP contribution in [0.5, 0.6) is 0 Å². The molecule has 106 valence electrons. The highest BCUT2D eigenvalue weighted by molar-refractivity contribution is 5.57. The monoisotopic (exact) mass is 283 g/mol. The smallest absolute Gasteiger partial charge is 0.248 e. The third-order valence-electron chi connectivity index (χ3n) is 3.30. The number of halogens is 1. The summed E-state index contributed by atoms with van der Waals surface area (Å²) in [5.74, 6) is 0.232. The molecule has 1 heterocycles. The van der Waals surface area contributed by atoms with Gasteiger partial charge in [-0.05, 0) is 30.2 Å². The van der Waals surface area contributed by atoms with Gasteiger partial charge in [-0.3, -0.25) is 0 Å². The van der Waals surface area contributed by atoms with Crippen molar-refractivity contribution in [1.29, 1.82) is 0 Å². The maximum absolute atomic E-state index is 13.3. The van der Waals surface area contributed by atoms with Crippen LogP contribution in [0.3, 0.4) is 0 Å². The average Bonchev–Trinajstić information content (AvgIpc) is 2.99. The first-order valence-electron chi connectivity index (χ1n) is 6.55. The molecule has 0 aliphatic heterocycles. The molecule has 0 amide bonds. The third kappa shape index (κ3) is 2.68. The highest BCUT2D eigenvalue weighted by atomic mass is 19.1. The van der Waals surface area contributed by atoms with Crippen molar-refractivity contribution in [1.82, 2.24) is 10.2 Å². The van der Waals surface area contributed by atoms with Crippen LogP contribution in [0.25, 0.3) is 11.5 Å². The number of hydrogen-bond donors (Lipinski definition) is 1. The van der Waals surface area contributed by atoms with Crippen LogP contribution in [-0.4, -0.2) is 10.2 Å². The molecule has 0 saturated carbocycles. The molecule has 0 bridgehead atoms. The van der Waals surface area contributed by atoms with Gasteiger partial charge in [0.1, 0.15) is 11.9 Å². The van der Waals surface area contributed by atoms with E-state index in [-0.39, 0.29) is 11.7 Å². The molecule has 1 unspecified atom stereocenters. The van der Waals surface area contributed by atoms with Crippen molar-refractivity contribution < 1.29 is 8.81 Å². The molecule has 21 heavy (non-hydrogen) atoms. The number of nitrogens with zero attached hydrogens (tertiary/aromatic N) is 2. The Labute approximate surface area is 121 Å². The standard InChI is InChI=1S/C16H14FN3O/c1-10-7-8-12(17)9-13(10)15-19-20-16(21-15)14(18)11-5-3-2-4-6-11/h2-9,14H,18H2,1H3. The van der Waals surface area contributed by atoms with Gasteiger partial charge >= 0.3 is 0 Å². The number of aryl methyl sites for hydroxylation is 1.